The highest BCUT2D eigenvalue weighted by Gasteiger charge is 2.18. The Labute approximate surface area is 133 Å². The summed E-state index contributed by atoms with van der Waals surface area (Å²) in [5.74, 6) is 0.647. The number of carbonyl (C=O) groups is 1. The molecule has 0 saturated carbocycles. The Morgan fingerprint density at radius 1 is 1.13 bits per heavy atom. The summed E-state index contributed by atoms with van der Waals surface area (Å²) in [6, 6.07) is 12.9. The predicted molar refractivity (Wildman–Crippen MR) is 83.9 cm³/mol. The van der Waals surface area contributed by atoms with E-state index in [1.165, 1.54) is 18.2 Å². The molecule has 0 fully saturated rings. The predicted octanol–water partition coefficient (Wildman–Crippen LogP) is 2.41. The molecule has 0 aliphatic rings. The number of nitrogens with zero attached hydrogens (tertiary/aromatic N) is 1. The van der Waals surface area contributed by atoms with Crippen molar-refractivity contribution in [3.63, 3.8) is 0 Å². The van der Waals surface area contributed by atoms with Crippen LogP contribution in [0.15, 0.2) is 48.5 Å². The van der Waals surface area contributed by atoms with Crippen LogP contribution >= 0.6 is 0 Å². The number of rotatable bonds is 7. The third-order valence-corrected chi connectivity index (χ3v) is 3.06. The second-order valence-corrected chi connectivity index (χ2v) is 4.53. The number of nitro benzene ring substituents is 1. The van der Waals surface area contributed by atoms with Crippen LogP contribution in [0, 0.1) is 10.1 Å². The maximum absolute atomic E-state index is 12.0. The molecule has 23 heavy (non-hydrogen) atoms. The van der Waals surface area contributed by atoms with Gasteiger partial charge in [0, 0.05) is 6.07 Å². The minimum absolute atomic E-state index is 0.0230. The van der Waals surface area contributed by atoms with Crippen LogP contribution in [-0.4, -0.2) is 31.1 Å². The van der Waals surface area contributed by atoms with Crippen molar-refractivity contribution in [2.75, 3.05) is 20.3 Å². The lowest BCUT2D eigenvalue weighted by Crippen LogP contribution is -2.28. The molecule has 2 rings (SSSR count). The third kappa shape index (κ3) is 4.19. The van der Waals surface area contributed by atoms with Crippen molar-refractivity contribution in [1.29, 1.82) is 0 Å². The van der Waals surface area contributed by atoms with Crippen LogP contribution in [0.3, 0.4) is 0 Å². The van der Waals surface area contributed by atoms with E-state index < -0.39 is 10.8 Å². The monoisotopic (exact) mass is 316 g/mol. The number of hydrogen-bond acceptors (Lipinski definition) is 5. The molecule has 0 saturated heterocycles. The van der Waals surface area contributed by atoms with E-state index in [1.54, 1.807) is 25.3 Å². The lowest BCUT2D eigenvalue weighted by Gasteiger charge is -2.10. The number of carbonyl (C=O) groups excluding carboxylic acids is 1. The van der Waals surface area contributed by atoms with Gasteiger partial charge in [0.2, 0.25) is 0 Å². The summed E-state index contributed by atoms with van der Waals surface area (Å²) in [5, 5.41) is 13.5. The number of benzene rings is 2. The first-order chi connectivity index (χ1) is 11.1. The van der Waals surface area contributed by atoms with Gasteiger partial charge in [-0.2, -0.15) is 0 Å². The number of para-hydroxylation sites is 3. The molecule has 0 unspecified atom stereocenters. The average Bonchev–Trinajstić information content (AvgIpc) is 2.58. The molecule has 2 aromatic rings. The number of ether oxygens (including phenoxy) is 2. The van der Waals surface area contributed by atoms with E-state index >= 15 is 0 Å². The van der Waals surface area contributed by atoms with Crippen molar-refractivity contribution in [3.8, 4) is 11.5 Å². The summed E-state index contributed by atoms with van der Waals surface area (Å²) in [6.45, 7) is 0.426. The Kier molecular flexibility index (Phi) is 5.51. The Morgan fingerprint density at radius 2 is 1.78 bits per heavy atom. The molecular formula is C16H16N2O5. The van der Waals surface area contributed by atoms with E-state index in [4.69, 9.17) is 9.47 Å². The molecule has 7 heteroatoms. The van der Waals surface area contributed by atoms with Crippen LogP contribution in [0.4, 0.5) is 5.69 Å². The quantitative estimate of drug-likeness (QED) is 0.481. The Hall–Kier alpha value is -3.09. The van der Waals surface area contributed by atoms with Gasteiger partial charge in [0.1, 0.15) is 12.2 Å². The second kappa shape index (κ2) is 7.79. The zero-order chi connectivity index (χ0) is 16.7. The van der Waals surface area contributed by atoms with Crippen LogP contribution in [0.25, 0.3) is 0 Å². The molecule has 120 valence electrons. The minimum Gasteiger partial charge on any atom is -0.493 e. The molecule has 0 bridgehead atoms. The molecular weight excluding hydrogens is 300 g/mol. The Morgan fingerprint density at radius 3 is 2.48 bits per heavy atom. The summed E-state index contributed by atoms with van der Waals surface area (Å²) in [5.41, 5.74) is -0.203. The molecule has 1 N–H and O–H groups in total. The van der Waals surface area contributed by atoms with E-state index in [1.807, 2.05) is 12.1 Å². The van der Waals surface area contributed by atoms with E-state index in [9.17, 15) is 14.9 Å². The van der Waals surface area contributed by atoms with Gasteiger partial charge in [-0.25, -0.2) is 0 Å². The van der Waals surface area contributed by atoms with Crippen LogP contribution in [0.5, 0.6) is 11.5 Å². The van der Waals surface area contributed by atoms with E-state index in [0.717, 1.165) is 0 Å². The minimum atomic E-state index is -0.583. The van der Waals surface area contributed by atoms with E-state index in [0.29, 0.717) is 11.5 Å². The first-order valence-electron chi connectivity index (χ1n) is 6.91. The first-order valence-corrected chi connectivity index (χ1v) is 6.91. The lowest BCUT2D eigenvalue weighted by atomic mass is 10.1. The van der Waals surface area contributed by atoms with Crippen molar-refractivity contribution in [2.24, 2.45) is 0 Å². The fourth-order valence-corrected chi connectivity index (χ4v) is 1.98. The van der Waals surface area contributed by atoms with Gasteiger partial charge < -0.3 is 14.8 Å². The molecule has 0 atom stereocenters. The van der Waals surface area contributed by atoms with Gasteiger partial charge in [-0.3, -0.25) is 14.9 Å². The van der Waals surface area contributed by atoms with Crippen LogP contribution in [0.2, 0.25) is 0 Å². The van der Waals surface area contributed by atoms with Gasteiger partial charge in [-0.1, -0.05) is 24.3 Å². The average molecular weight is 316 g/mol. The second-order valence-electron chi connectivity index (χ2n) is 4.53. The summed E-state index contributed by atoms with van der Waals surface area (Å²) in [7, 11) is 1.54. The Balaban J connectivity index is 1.89. The van der Waals surface area contributed by atoms with Gasteiger partial charge in [-0.15, -0.1) is 0 Å². The molecule has 7 nitrogen and oxygen atoms in total. The number of nitro groups is 1. The largest absolute Gasteiger partial charge is 0.493 e. The van der Waals surface area contributed by atoms with E-state index in [2.05, 4.69) is 5.32 Å². The molecule has 0 radical (unpaired) electrons. The van der Waals surface area contributed by atoms with Gasteiger partial charge in [0.25, 0.3) is 11.6 Å². The molecule has 0 aromatic heterocycles. The highest BCUT2D eigenvalue weighted by Crippen LogP contribution is 2.25. The fraction of sp³-hybridized carbons (Fsp3) is 0.188. The highest BCUT2D eigenvalue weighted by molar-refractivity contribution is 5.98. The fourth-order valence-electron chi connectivity index (χ4n) is 1.98. The van der Waals surface area contributed by atoms with Gasteiger partial charge in [0.05, 0.1) is 18.6 Å². The summed E-state index contributed by atoms with van der Waals surface area (Å²) < 4.78 is 10.7. The zero-order valence-corrected chi connectivity index (χ0v) is 12.5. The first kappa shape index (κ1) is 16.3. The van der Waals surface area contributed by atoms with Crippen LogP contribution in [0.1, 0.15) is 10.4 Å². The van der Waals surface area contributed by atoms with Gasteiger partial charge >= 0.3 is 0 Å². The number of nitrogens with one attached hydrogen (secondary N) is 1. The summed E-state index contributed by atoms with van der Waals surface area (Å²) >= 11 is 0. The Bertz CT molecular complexity index is 702. The van der Waals surface area contributed by atoms with Crippen molar-refractivity contribution in [2.45, 2.75) is 0 Å². The summed E-state index contributed by atoms with van der Waals surface area (Å²) in [6.07, 6.45) is 0. The van der Waals surface area contributed by atoms with Crippen molar-refractivity contribution in [3.05, 3.63) is 64.2 Å². The third-order valence-electron chi connectivity index (χ3n) is 3.06. The maximum atomic E-state index is 12.0. The van der Waals surface area contributed by atoms with Gasteiger partial charge in [0.15, 0.2) is 11.5 Å². The van der Waals surface area contributed by atoms with Gasteiger partial charge in [-0.05, 0) is 18.2 Å². The SMILES string of the molecule is COc1ccccc1OCCNC(=O)c1ccccc1[N+](=O)[O-]. The smallest absolute Gasteiger partial charge is 0.282 e. The normalized spacial score (nSPS) is 9.96. The van der Waals surface area contributed by atoms with Crippen LogP contribution in [-0.2, 0) is 0 Å². The molecule has 1 amide bonds. The maximum Gasteiger partial charge on any atom is 0.282 e. The molecule has 2 aromatic carbocycles. The van der Waals surface area contributed by atoms with Crippen molar-refractivity contribution in [1.82, 2.24) is 5.32 Å². The highest BCUT2D eigenvalue weighted by atomic mass is 16.6. The van der Waals surface area contributed by atoms with E-state index in [-0.39, 0.29) is 24.4 Å². The number of amides is 1. The number of methoxy groups -OCH3 is 1. The summed E-state index contributed by atoms with van der Waals surface area (Å²) in [4.78, 5) is 22.3. The molecule has 0 spiro atoms. The topological polar surface area (TPSA) is 90.7 Å². The standard InChI is InChI=1S/C16H16N2O5/c1-22-14-8-4-5-9-15(14)23-11-10-17-16(19)12-6-2-3-7-13(12)18(20)21/h2-9H,10-11H2,1H3,(H,17,19). The molecule has 0 aliphatic carbocycles. The number of hydrogen-bond donors (Lipinski definition) is 1. The lowest BCUT2D eigenvalue weighted by molar-refractivity contribution is -0.385. The molecule has 0 heterocycles. The molecule has 0 aliphatic heterocycles. The van der Waals surface area contributed by atoms with Crippen molar-refractivity contribution < 1.29 is 19.2 Å². The zero-order valence-electron chi connectivity index (χ0n) is 12.5. The van der Waals surface area contributed by atoms with Crippen LogP contribution < -0.4 is 14.8 Å². The van der Waals surface area contributed by atoms with Crippen molar-refractivity contribution >= 4 is 11.6 Å².